The molecule has 3 aromatic rings. The first-order valence-electron chi connectivity index (χ1n) is 8.80. The molecular weight excluding hydrogens is 364 g/mol. The molecule has 2 aliphatic heterocycles. The fraction of sp³-hybridized carbons (Fsp3) is 0.200. The summed E-state index contributed by atoms with van der Waals surface area (Å²) < 4.78 is 29.3. The minimum absolute atomic E-state index is 0.0459. The second kappa shape index (κ2) is 6.05. The van der Waals surface area contributed by atoms with E-state index < -0.39 is 5.82 Å². The molecule has 0 unspecified atom stereocenters. The third-order valence-corrected chi connectivity index (χ3v) is 5.25. The summed E-state index contributed by atoms with van der Waals surface area (Å²) in [6.07, 6.45) is 1.45. The number of aromatic nitrogens is 3. The largest absolute Gasteiger partial charge is 0.376 e. The summed E-state index contributed by atoms with van der Waals surface area (Å²) in [5.74, 6) is -0.785. The molecule has 1 aromatic heterocycles. The Morgan fingerprint density at radius 1 is 1.14 bits per heavy atom. The topological polar surface area (TPSA) is 72.2 Å². The van der Waals surface area contributed by atoms with Gasteiger partial charge in [-0.2, -0.15) is 5.10 Å². The van der Waals surface area contributed by atoms with Gasteiger partial charge in [-0.3, -0.25) is 14.5 Å². The Kier molecular flexibility index (Phi) is 3.61. The fourth-order valence-corrected chi connectivity index (χ4v) is 4.00. The van der Waals surface area contributed by atoms with E-state index in [9.17, 15) is 13.6 Å². The van der Waals surface area contributed by atoms with E-state index >= 15 is 0 Å². The van der Waals surface area contributed by atoms with Crippen LogP contribution in [-0.2, 0) is 7.05 Å². The number of hydrogen-bond donors (Lipinski definition) is 1. The van der Waals surface area contributed by atoms with Gasteiger partial charge in [0.05, 0.1) is 17.7 Å². The highest BCUT2D eigenvalue weighted by Crippen LogP contribution is 2.44. The van der Waals surface area contributed by atoms with Gasteiger partial charge in [-0.25, -0.2) is 13.8 Å². The number of benzene rings is 2. The molecule has 2 aromatic carbocycles. The van der Waals surface area contributed by atoms with Crippen molar-refractivity contribution in [2.75, 3.05) is 11.9 Å². The van der Waals surface area contributed by atoms with Crippen molar-refractivity contribution in [2.45, 2.75) is 12.0 Å². The van der Waals surface area contributed by atoms with Crippen LogP contribution in [0.3, 0.4) is 0 Å². The number of carbonyl (C=O) groups excluding carboxylic acids is 1. The number of aliphatic imine (C=N–C) groups is 1. The lowest BCUT2D eigenvalue weighted by atomic mass is 9.78. The third-order valence-electron chi connectivity index (χ3n) is 5.25. The molecular formula is C20H15F2N5O. The summed E-state index contributed by atoms with van der Waals surface area (Å²) in [6.45, 7) is -0.0459. The molecule has 3 heterocycles. The summed E-state index contributed by atoms with van der Waals surface area (Å²) >= 11 is 0. The molecule has 6 nitrogen and oxygen atoms in total. The predicted octanol–water partition coefficient (Wildman–Crippen LogP) is 3.03. The number of ketones is 1. The molecule has 140 valence electrons. The lowest BCUT2D eigenvalue weighted by Crippen LogP contribution is -2.37. The summed E-state index contributed by atoms with van der Waals surface area (Å²) in [7, 11) is 1.78. The van der Waals surface area contributed by atoms with Gasteiger partial charge in [0.1, 0.15) is 30.3 Å². The van der Waals surface area contributed by atoms with Crippen LogP contribution in [0.4, 0.5) is 14.5 Å². The Hall–Kier alpha value is -3.42. The van der Waals surface area contributed by atoms with Crippen LogP contribution in [0.15, 0.2) is 47.7 Å². The maximum absolute atomic E-state index is 14.2. The van der Waals surface area contributed by atoms with Crippen molar-refractivity contribution in [3.05, 3.63) is 76.9 Å². The van der Waals surface area contributed by atoms with Crippen molar-refractivity contribution < 1.29 is 13.6 Å². The predicted molar refractivity (Wildman–Crippen MR) is 98.6 cm³/mol. The summed E-state index contributed by atoms with van der Waals surface area (Å²) in [4.78, 5) is 21.3. The molecule has 8 heteroatoms. The molecule has 28 heavy (non-hydrogen) atoms. The summed E-state index contributed by atoms with van der Waals surface area (Å²) in [6, 6.07) is 8.34. The zero-order chi connectivity index (χ0) is 19.4. The quantitative estimate of drug-likeness (QED) is 0.743. The molecule has 0 spiro atoms. The van der Waals surface area contributed by atoms with Crippen LogP contribution >= 0.6 is 0 Å². The number of nitrogens with zero attached hydrogens (tertiary/aromatic N) is 4. The number of anilines is 1. The number of halogens is 2. The number of carbonyl (C=O) groups is 1. The van der Waals surface area contributed by atoms with Crippen molar-refractivity contribution >= 4 is 17.2 Å². The molecule has 1 N–H and O–H groups in total. The molecule has 0 amide bonds. The Balaban J connectivity index is 1.76. The van der Waals surface area contributed by atoms with Gasteiger partial charge in [0.15, 0.2) is 5.78 Å². The van der Waals surface area contributed by atoms with Gasteiger partial charge in [-0.05, 0) is 29.8 Å². The number of hydrogen-bond acceptors (Lipinski definition) is 5. The first kappa shape index (κ1) is 16.7. The third kappa shape index (κ3) is 2.45. The standard InChI is InChI=1S/C20H15F2N5O/c1-27-20(24-9-25-27)17-18(10-2-4-11(21)5-3-10)26-14-7-12(22)6-13-15(28)8-23-19(17)16(13)14/h2-7,9,17-18,26H,8H2,1H3/t17-,18-/m1/s1. The van der Waals surface area contributed by atoms with Crippen molar-refractivity contribution in [3.8, 4) is 0 Å². The van der Waals surface area contributed by atoms with Crippen molar-refractivity contribution in [1.82, 2.24) is 14.8 Å². The van der Waals surface area contributed by atoms with E-state index in [1.54, 1.807) is 23.9 Å². The van der Waals surface area contributed by atoms with Crippen LogP contribution in [0.25, 0.3) is 0 Å². The molecule has 0 saturated heterocycles. The van der Waals surface area contributed by atoms with Gasteiger partial charge in [-0.15, -0.1) is 0 Å². The monoisotopic (exact) mass is 379 g/mol. The van der Waals surface area contributed by atoms with Crippen LogP contribution < -0.4 is 5.32 Å². The van der Waals surface area contributed by atoms with Gasteiger partial charge in [0, 0.05) is 23.9 Å². The van der Waals surface area contributed by atoms with E-state index in [1.807, 2.05) is 0 Å². The molecule has 0 aliphatic carbocycles. The number of Topliss-reactive ketones (excluding diaryl/α,β-unsaturated/α-hetero) is 1. The second-order valence-electron chi connectivity index (χ2n) is 6.89. The zero-order valence-corrected chi connectivity index (χ0v) is 14.9. The van der Waals surface area contributed by atoms with Crippen molar-refractivity contribution in [2.24, 2.45) is 12.0 Å². The fourth-order valence-electron chi connectivity index (χ4n) is 4.00. The number of nitrogens with one attached hydrogen (secondary N) is 1. The van der Waals surface area contributed by atoms with Crippen LogP contribution in [0.1, 0.15) is 39.3 Å². The maximum Gasteiger partial charge on any atom is 0.185 e. The Bertz CT molecular complexity index is 1140. The van der Waals surface area contributed by atoms with E-state index in [0.717, 1.165) is 5.56 Å². The highest BCUT2D eigenvalue weighted by atomic mass is 19.1. The Morgan fingerprint density at radius 2 is 1.93 bits per heavy atom. The highest BCUT2D eigenvalue weighted by Gasteiger charge is 2.42. The molecule has 0 bridgehead atoms. The molecule has 0 saturated carbocycles. The first-order chi connectivity index (χ1) is 13.5. The lowest BCUT2D eigenvalue weighted by Gasteiger charge is -2.37. The summed E-state index contributed by atoms with van der Waals surface area (Å²) in [5, 5.41) is 7.49. The normalized spacial score (nSPS) is 20.4. The van der Waals surface area contributed by atoms with E-state index in [0.29, 0.717) is 28.4 Å². The Morgan fingerprint density at radius 3 is 2.64 bits per heavy atom. The molecule has 2 aliphatic rings. The van der Waals surface area contributed by atoms with Crippen molar-refractivity contribution in [1.29, 1.82) is 0 Å². The average molecular weight is 379 g/mol. The van der Waals surface area contributed by atoms with Gasteiger partial charge >= 0.3 is 0 Å². The van der Waals surface area contributed by atoms with Gasteiger partial charge in [-0.1, -0.05) is 12.1 Å². The summed E-state index contributed by atoms with van der Waals surface area (Å²) in [5.41, 5.74) is 2.87. The SMILES string of the molecule is Cn1ncnc1[C@H]1C2=NCC(=O)c3cc(F)cc(c32)N[C@@H]1c1ccc(F)cc1. The van der Waals surface area contributed by atoms with E-state index in [1.165, 1.54) is 30.6 Å². The van der Waals surface area contributed by atoms with Gasteiger partial charge in [0.2, 0.25) is 0 Å². The first-order valence-corrected chi connectivity index (χ1v) is 8.80. The average Bonchev–Trinajstić information content (AvgIpc) is 3.10. The van der Waals surface area contributed by atoms with Crippen LogP contribution in [-0.4, -0.2) is 32.8 Å². The second-order valence-corrected chi connectivity index (χ2v) is 6.89. The molecule has 0 fully saturated rings. The van der Waals surface area contributed by atoms with Gasteiger partial charge < -0.3 is 5.32 Å². The van der Waals surface area contributed by atoms with E-state index in [4.69, 9.17) is 0 Å². The molecule has 5 rings (SSSR count). The minimum atomic E-state index is -0.495. The lowest BCUT2D eigenvalue weighted by molar-refractivity contribution is 0.0999. The minimum Gasteiger partial charge on any atom is -0.376 e. The number of aryl methyl sites for hydroxylation is 1. The van der Waals surface area contributed by atoms with Crippen LogP contribution in [0, 0.1) is 11.6 Å². The Labute approximate surface area is 158 Å². The highest BCUT2D eigenvalue weighted by molar-refractivity contribution is 6.21. The molecule has 2 atom stereocenters. The maximum atomic E-state index is 14.2. The molecule has 0 radical (unpaired) electrons. The van der Waals surface area contributed by atoms with Crippen LogP contribution in [0.2, 0.25) is 0 Å². The smallest absolute Gasteiger partial charge is 0.185 e. The zero-order valence-electron chi connectivity index (χ0n) is 14.9. The van der Waals surface area contributed by atoms with E-state index in [2.05, 4.69) is 20.4 Å². The number of rotatable bonds is 2. The van der Waals surface area contributed by atoms with E-state index in [-0.39, 0.29) is 30.1 Å². The van der Waals surface area contributed by atoms with Gasteiger partial charge in [0.25, 0.3) is 0 Å². The van der Waals surface area contributed by atoms with Crippen molar-refractivity contribution in [3.63, 3.8) is 0 Å². The van der Waals surface area contributed by atoms with Crippen LogP contribution in [0.5, 0.6) is 0 Å².